The zero-order chi connectivity index (χ0) is 11.3. The number of nitrogens with one attached hydrogen (secondary N) is 1. The summed E-state index contributed by atoms with van der Waals surface area (Å²) in [4.78, 5) is 22.1. The smallest absolute Gasteiger partial charge is 0.234 e. The van der Waals surface area contributed by atoms with Crippen molar-refractivity contribution in [3.63, 3.8) is 0 Å². The molecule has 2 unspecified atom stereocenters. The highest BCUT2D eigenvalue weighted by atomic mass is 16.2. The van der Waals surface area contributed by atoms with E-state index in [9.17, 15) is 9.59 Å². The van der Waals surface area contributed by atoms with Gasteiger partial charge in [0.25, 0.3) is 0 Å². The van der Waals surface area contributed by atoms with Gasteiger partial charge in [0, 0.05) is 12.0 Å². The minimum absolute atomic E-state index is 0.00269. The average molecular weight is 209 g/mol. The molecule has 1 fully saturated rings. The zero-order valence-electron chi connectivity index (χ0n) is 8.53. The second-order valence-electron chi connectivity index (χ2n) is 3.87. The maximum absolute atomic E-state index is 11.1. The second-order valence-corrected chi connectivity index (χ2v) is 3.87. The van der Waals surface area contributed by atoms with Crippen LogP contribution in [0.15, 0.2) is 0 Å². The molecule has 1 saturated carbocycles. The first-order chi connectivity index (χ1) is 7.13. The summed E-state index contributed by atoms with van der Waals surface area (Å²) in [6.07, 6.45) is 3.04. The molecular formula is C10H15N3O2. The van der Waals surface area contributed by atoms with Crippen molar-refractivity contribution in [1.82, 2.24) is 5.32 Å². The van der Waals surface area contributed by atoms with Gasteiger partial charge in [-0.1, -0.05) is 6.42 Å². The standard InChI is InChI=1S/C10H15N3O2/c11-5-4-9(14)13-8-3-1-2-7(6-8)10(12)15/h7-8H,1-4,6H2,(H2,12,15)(H,13,14). The highest BCUT2D eigenvalue weighted by molar-refractivity contribution is 5.79. The highest BCUT2D eigenvalue weighted by Crippen LogP contribution is 2.23. The van der Waals surface area contributed by atoms with Crippen molar-refractivity contribution in [2.45, 2.75) is 38.1 Å². The van der Waals surface area contributed by atoms with Gasteiger partial charge in [0.2, 0.25) is 11.8 Å². The molecule has 15 heavy (non-hydrogen) atoms. The van der Waals surface area contributed by atoms with Crippen LogP contribution in [0.3, 0.4) is 0 Å². The summed E-state index contributed by atoms with van der Waals surface area (Å²) in [5.41, 5.74) is 5.21. The Morgan fingerprint density at radius 3 is 2.80 bits per heavy atom. The lowest BCUT2D eigenvalue weighted by molar-refractivity contribution is -0.125. The van der Waals surface area contributed by atoms with Crippen molar-refractivity contribution < 1.29 is 9.59 Å². The molecule has 2 amide bonds. The number of hydrogen-bond donors (Lipinski definition) is 2. The first-order valence-corrected chi connectivity index (χ1v) is 5.09. The molecular weight excluding hydrogens is 194 g/mol. The van der Waals surface area contributed by atoms with Crippen molar-refractivity contribution in [3.05, 3.63) is 0 Å². The molecule has 0 radical (unpaired) electrons. The van der Waals surface area contributed by atoms with Gasteiger partial charge in [-0.15, -0.1) is 0 Å². The van der Waals surface area contributed by atoms with Crippen LogP contribution in [0, 0.1) is 17.2 Å². The molecule has 1 aliphatic carbocycles. The molecule has 3 N–H and O–H groups in total. The molecule has 0 spiro atoms. The minimum atomic E-state index is -0.297. The van der Waals surface area contributed by atoms with Crippen LogP contribution < -0.4 is 11.1 Å². The number of amides is 2. The molecule has 0 heterocycles. The third-order valence-corrected chi connectivity index (χ3v) is 2.68. The fraction of sp³-hybridized carbons (Fsp3) is 0.700. The van der Waals surface area contributed by atoms with Crippen LogP contribution in [-0.2, 0) is 9.59 Å². The van der Waals surface area contributed by atoms with Crippen molar-refractivity contribution in [3.8, 4) is 6.07 Å². The molecule has 0 aromatic rings. The minimum Gasteiger partial charge on any atom is -0.369 e. The maximum Gasteiger partial charge on any atom is 0.234 e. The van der Waals surface area contributed by atoms with Gasteiger partial charge < -0.3 is 11.1 Å². The van der Waals surface area contributed by atoms with Crippen LogP contribution in [0.25, 0.3) is 0 Å². The van der Waals surface area contributed by atoms with Crippen LogP contribution in [0.4, 0.5) is 0 Å². The Balaban J connectivity index is 2.40. The van der Waals surface area contributed by atoms with Gasteiger partial charge >= 0.3 is 0 Å². The van der Waals surface area contributed by atoms with Crippen molar-refractivity contribution in [1.29, 1.82) is 5.26 Å². The monoisotopic (exact) mass is 209 g/mol. The normalized spacial score (nSPS) is 25.3. The van der Waals surface area contributed by atoms with E-state index in [-0.39, 0.29) is 30.2 Å². The van der Waals surface area contributed by atoms with Crippen LogP contribution in [0.1, 0.15) is 32.1 Å². The molecule has 0 aromatic carbocycles. The Bertz CT molecular complexity index is 296. The Labute approximate surface area is 88.6 Å². The number of carbonyl (C=O) groups is 2. The Kier molecular flexibility index (Phi) is 4.10. The zero-order valence-corrected chi connectivity index (χ0v) is 8.53. The summed E-state index contributed by atoms with van der Waals surface area (Å²) in [6, 6.07) is 1.78. The SMILES string of the molecule is N#CCC(=O)NC1CCCC(C(N)=O)C1. The molecule has 0 aliphatic heterocycles. The fourth-order valence-corrected chi connectivity index (χ4v) is 1.93. The molecule has 5 nitrogen and oxygen atoms in total. The van der Waals surface area contributed by atoms with E-state index in [0.29, 0.717) is 6.42 Å². The van der Waals surface area contributed by atoms with Crippen molar-refractivity contribution >= 4 is 11.8 Å². The number of nitriles is 1. The number of rotatable bonds is 3. The summed E-state index contributed by atoms with van der Waals surface area (Å²) in [7, 11) is 0. The molecule has 0 bridgehead atoms. The summed E-state index contributed by atoms with van der Waals surface area (Å²) < 4.78 is 0. The second kappa shape index (κ2) is 5.35. The van der Waals surface area contributed by atoms with Crippen LogP contribution in [0.5, 0.6) is 0 Å². The van der Waals surface area contributed by atoms with E-state index < -0.39 is 0 Å². The highest BCUT2D eigenvalue weighted by Gasteiger charge is 2.26. The number of primary amides is 1. The fourth-order valence-electron chi connectivity index (χ4n) is 1.93. The number of nitrogens with two attached hydrogens (primary N) is 1. The van der Waals surface area contributed by atoms with E-state index in [0.717, 1.165) is 19.3 Å². The topological polar surface area (TPSA) is 96.0 Å². The van der Waals surface area contributed by atoms with Gasteiger partial charge in [-0.2, -0.15) is 5.26 Å². The summed E-state index contributed by atoms with van der Waals surface area (Å²) in [6.45, 7) is 0. The van der Waals surface area contributed by atoms with Gasteiger partial charge in [0.05, 0.1) is 6.07 Å². The van der Waals surface area contributed by atoms with Gasteiger partial charge in [0.15, 0.2) is 0 Å². The van der Waals surface area contributed by atoms with Crippen LogP contribution in [0.2, 0.25) is 0 Å². The molecule has 0 saturated heterocycles. The average Bonchev–Trinajstić information content (AvgIpc) is 2.18. The van der Waals surface area contributed by atoms with E-state index in [1.807, 2.05) is 0 Å². The van der Waals surface area contributed by atoms with Crippen LogP contribution >= 0.6 is 0 Å². The number of nitrogens with zero attached hydrogens (tertiary/aromatic N) is 1. The maximum atomic E-state index is 11.1. The number of hydrogen-bond acceptors (Lipinski definition) is 3. The largest absolute Gasteiger partial charge is 0.369 e. The molecule has 82 valence electrons. The lowest BCUT2D eigenvalue weighted by Crippen LogP contribution is -2.41. The van der Waals surface area contributed by atoms with Gasteiger partial charge in [0.1, 0.15) is 6.42 Å². The first-order valence-electron chi connectivity index (χ1n) is 5.09. The van der Waals surface area contributed by atoms with Crippen molar-refractivity contribution in [2.75, 3.05) is 0 Å². The van der Waals surface area contributed by atoms with E-state index in [1.54, 1.807) is 6.07 Å². The first kappa shape index (κ1) is 11.5. The molecule has 2 atom stereocenters. The van der Waals surface area contributed by atoms with Crippen LogP contribution in [-0.4, -0.2) is 17.9 Å². The van der Waals surface area contributed by atoms with Crippen molar-refractivity contribution in [2.24, 2.45) is 11.7 Å². The quantitative estimate of drug-likeness (QED) is 0.687. The molecule has 1 rings (SSSR count). The predicted octanol–water partition coefficient (Wildman–Crippen LogP) is 0.0604. The van der Waals surface area contributed by atoms with Gasteiger partial charge in [-0.05, 0) is 19.3 Å². The molecule has 0 aromatic heterocycles. The lowest BCUT2D eigenvalue weighted by atomic mass is 9.85. The Morgan fingerprint density at radius 2 is 2.20 bits per heavy atom. The Hall–Kier alpha value is -1.57. The van der Waals surface area contributed by atoms with E-state index >= 15 is 0 Å². The third kappa shape index (κ3) is 3.58. The summed E-state index contributed by atoms with van der Waals surface area (Å²) in [5.74, 6) is -0.701. The number of carbonyl (C=O) groups excluding carboxylic acids is 2. The van der Waals surface area contributed by atoms with E-state index in [1.165, 1.54) is 0 Å². The van der Waals surface area contributed by atoms with E-state index in [2.05, 4.69) is 5.32 Å². The summed E-state index contributed by atoms with van der Waals surface area (Å²) >= 11 is 0. The Morgan fingerprint density at radius 1 is 1.47 bits per heavy atom. The van der Waals surface area contributed by atoms with Gasteiger partial charge in [-0.25, -0.2) is 0 Å². The third-order valence-electron chi connectivity index (χ3n) is 2.68. The predicted molar refractivity (Wildman–Crippen MR) is 53.3 cm³/mol. The molecule has 1 aliphatic rings. The lowest BCUT2D eigenvalue weighted by Gasteiger charge is -2.27. The van der Waals surface area contributed by atoms with E-state index in [4.69, 9.17) is 11.0 Å². The molecule has 5 heteroatoms. The summed E-state index contributed by atoms with van der Waals surface area (Å²) in [5, 5.41) is 11.1. The van der Waals surface area contributed by atoms with Gasteiger partial charge in [-0.3, -0.25) is 9.59 Å².